The highest BCUT2D eigenvalue weighted by molar-refractivity contribution is 6.08. The molecule has 0 saturated carbocycles. The number of aliphatic hydroxyl groups is 4. The molecule has 0 aliphatic heterocycles. The van der Waals surface area contributed by atoms with Gasteiger partial charge < -0.3 is 29.9 Å². The van der Waals surface area contributed by atoms with Crippen LogP contribution < -0.4 is 0 Å². The van der Waals surface area contributed by atoms with Crippen LogP contribution in [-0.2, 0) is 19.1 Å². The Morgan fingerprint density at radius 3 is 1.42 bits per heavy atom. The van der Waals surface area contributed by atoms with Crippen LogP contribution in [0.15, 0.2) is 24.3 Å². The topological polar surface area (TPSA) is 168 Å². The van der Waals surface area contributed by atoms with Gasteiger partial charge in [-0.05, 0) is 12.1 Å². The van der Waals surface area contributed by atoms with Crippen LogP contribution in [0.5, 0.6) is 0 Å². The van der Waals surface area contributed by atoms with Gasteiger partial charge in [0.15, 0.2) is 12.2 Å². The lowest BCUT2D eigenvalue weighted by atomic mass is 10.1. The van der Waals surface area contributed by atoms with E-state index < -0.39 is 60.4 Å². The summed E-state index contributed by atoms with van der Waals surface area (Å²) in [6, 6.07) is 4.82. The number of hydrogen-bond acceptors (Lipinski definition) is 10. The smallest absolute Gasteiger partial charge is 0.346 e. The second-order valence-corrected chi connectivity index (χ2v) is 4.36. The molecule has 10 nitrogen and oxygen atoms in total. The van der Waals surface area contributed by atoms with Crippen LogP contribution in [0.1, 0.15) is 20.7 Å². The number of esters is 4. The Bertz CT molecular complexity index is 583. The first-order valence-corrected chi connectivity index (χ1v) is 6.50. The standard InChI is InChI=1S/C14H14O10/c15-5-9(17)13(21)23-11(19)7-3-1-2-4-8(7)12(20)24-14(22)10(18)6-16/h1-4,9-10,15-18H,5-6H2. The number of hydrogen-bond donors (Lipinski definition) is 4. The van der Waals surface area contributed by atoms with Crippen molar-refractivity contribution in [2.24, 2.45) is 0 Å². The molecule has 130 valence electrons. The van der Waals surface area contributed by atoms with Gasteiger partial charge in [-0.15, -0.1) is 0 Å². The van der Waals surface area contributed by atoms with Gasteiger partial charge in [0.2, 0.25) is 0 Å². The zero-order valence-corrected chi connectivity index (χ0v) is 12.1. The van der Waals surface area contributed by atoms with E-state index in [1.54, 1.807) is 0 Å². The molecule has 10 heteroatoms. The lowest BCUT2D eigenvalue weighted by Gasteiger charge is -2.10. The molecule has 2 unspecified atom stereocenters. The molecule has 0 aliphatic carbocycles. The molecule has 0 bridgehead atoms. The lowest BCUT2D eigenvalue weighted by molar-refractivity contribution is -0.150. The van der Waals surface area contributed by atoms with Gasteiger partial charge in [-0.3, -0.25) is 0 Å². The molecule has 0 aromatic heterocycles. The third-order valence-corrected chi connectivity index (χ3v) is 2.64. The van der Waals surface area contributed by atoms with Crippen molar-refractivity contribution in [1.82, 2.24) is 0 Å². The SMILES string of the molecule is O=C(OC(=O)C(O)CO)c1ccccc1C(=O)OC(=O)C(O)CO. The molecular formula is C14H14O10. The number of carbonyl (C=O) groups excluding carboxylic acids is 4. The third kappa shape index (κ3) is 4.93. The van der Waals surface area contributed by atoms with Crippen molar-refractivity contribution < 1.29 is 49.1 Å². The van der Waals surface area contributed by atoms with Gasteiger partial charge in [0.1, 0.15) is 0 Å². The first kappa shape index (κ1) is 19.4. The Labute approximate surface area is 134 Å². The maximum absolute atomic E-state index is 11.9. The maximum Gasteiger partial charge on any atom is 0.346 e. The summed E-state index contributed by atoms with van der Waals surface area (Å²) in [6.07, 6.45) is -3.87. The highest BCUT2D eigenvalue weighted by atomic mass is 16.6. The zero-order valence-electron chi connectivity index (χ0n) is 12.1. The molecule has 0 amide bonds. The molecule has 0 heterocycles. The normalized spacial score (nSPS) is 12.8. The lowest BCUT2D eigenvalue weighted by Crippen LogP contribution is -2.30. The highest BCUT2D eigenvalue weighted by Crippen LogP contribution is 2.13. The molecule has 4 N–H and O–H groups in total. The Morgan fingerprint density at radius 1 is 0.792 bits per heavy atom. The molecule has 0 spiro atoms. The number of ether oxygens (including phenoxy) is 2. The van der Waals surface area contributed by atoms with Crippen molar-refractivity contribution >= 4 is 23.9 Å². The summed E-state index contributed by atoms with van der Waals surface area (Å²) in [5.74, 6) is -5.51. The molecule has 0 fully saturated rings. The minimum atomic E-state index is -1.94. The van der Waals surface area contributed by atoms with Crippen LogP contribution in [0.4, 0.5) is 0 Å². The third-order valence-electron chi connectivity index (χ3n) is 2.64. The number of benzene rings is 1. The summed E-state index contributed by atoms with van der Waals surface area (Å²) in [5.41, 5.74) is -0.903. The van der Waals surface area contributed by atoms with Gasteiger partial charge in [-0.1, -0.05) is 12.1 Å². The predicted octanol–water partition coefficient (Wildman–Crippen LogP) is -2.24. The minimum absolute atomic E-state index is 0.452. The number of rotatable bonds is 6. The average molecular weight is 342 g/mol. The van der Waals surface area contributed by atoms with Gasteiger partial charge in [0.05, 0.1) is 24.3 Å². The van der Waals surface area contributed by atoms with Crippen molar-refractivity contribution in [2.45, 2.75) is 12.2 Å². The highest BCUT2D eigenvalue weighted by Gasteiger charge is 2.26. The Hall–Kier alpha value is -2.66. The van der Waals surface area contributed by atoms with E-state index in [1.807, 2.05) is 0 Å². The van der Waals surface area contributed by atoms with Gasteiger partial charge in [-0.2, -0.15) is 0 Å². The van der Waals surface area contributed by atoms with Crippen LogP contribution in [-0.4, -0.2) is 69.7 Å². The van der Waals surface area contributed by atoms with Gasteiger partial charge in [0, 0.05) is 0 Å². The summed E-state index contributed by atoms with van der Waals surface area (Å²) < 4.78 is 8.57. The second-order valence-electron chi connectivity index (χ2n) is 4.36. The Balaban J connectivity index is 2.95. The summed E-state index contributed by atoms with van der Waals surface area (Å²) in [6.45, 7) is -1.94. The van der Waals surface area contributed by atoms with E-state index >= 15 is 0 Å². The number of carbonyl (C=O) groups is 4. The van der Waals surface area contributed by atoms with Crippen LogP contribution in [0, 0.1) is 0 Å². The van der Waals surface area contributed by atoms with E-state index in [0.717, 1.165) is 12.1 Å². The van der Waals surface area contributed by atoms with Gasteiger partial charge in [0.25, 0.3) is 0 Å². The molecule has 0 radical (unpaired) electrons. The van der Waals surface area contributed by atoms with E-state index in [4.69, 9.17) is 20.4 Å². The van der Waals surface area contributed by atoms with E-state index in [-0.39, 0.29) is 0 Å². The first-order chi connectivity index (χ1) is 11.3. The van der Waals surface area contributed by atoms with Crippen molar-refractivity contribution in [1.29, 1.82) is 0 Å². The van der Waals surface area contributed by atoms with Crippen LogP contribution in [0.3, 0.4) is 0 Å². The van der Waals surface area contributed by atoms with E-state index in [2.05, 4.69) is 9.47 Å². The van der Waals surface area contributed by atoms with E-state index in [1.165, 1.54) is 12.1 Å². The fraction of sp³-hybridized carbons (Fsp3) is 0.286. The molecule has 2 atom stereocenters. The Morgan fingerprint density at radius 2 is 1.12 bits per heavy atom. The molecule has 1 aromatic rings. The quantitative estimate of drug-likeness (QED) is 0.328. The number of aliphatic hydroxyl groups excluding tert-OH is 4. The second kappa shape index (κ2) is 8.84. The summed E-state index contributed by atoms with van der Waals surface area (Å²) in [5, 5.41) is 35.3. The van der Waals surface area contributed by atoms with Crippen molar-refractivity contribution in [2.75, 3.05) is 13.2 Å². The summed E-state index contributed by atoms with van der Waals surface area (Å²) in [7, 11) is 0. The van der Waals surface area contributed by atoms with E-state index in [9.17, 15) is 19.2 Å². The van der Waals surface area contributed by atoms with E-state index in [0.29, 0.717) is 0 Å². The predicted molar refractivity (Wildman–Crippen MR) is 73.5 cm³/mol. The molecule has 0 saturated heterocycles. The summed E-state index contributed by atoms with van der Waals surface area (Å²) >= 11 is 0. The molecule has 0 aliphatic rings. The van der Waals surface area contributed by atoms with Crippen molar-refractivity contribution in [3.05, 3.63) is 35.4 Å². The fourth-order valence-corrected chi connectivity index (χ4v) is 1.42. The largest absolute Gasteiger partial charge is 0.393 e. The molecule has 1 rings (SSSR count). The molecular weight excluding hydrogens is 328 g/mol. The molecule has 24 heavy (non-hydrogen) atoms. The first-order valence-electron chi connectivity index (χ1n) is 6.50. The van der Waals surface area contributed by atoms with Gasteiger partial charge in [-0.25, -0.2) is 19.2 Å². The van der Waals surface area contributed by atoms with Crippen molar-refractivity contribution in [3.8, 4) is 0 Å². The molecule has 1 aromatic carbocycles. The minimum Gasteiger partial charge on any atom is -0.393 e. The average Bonchev–Trinajstić information content (AvgIpc) is 2.59. The monoisotopic (exact) mass is 342 g/mol. The fourth-order valence-electron chi connectivity index (χ4n) is 1.42. The summed E-state index contributed by atoms with van der Waals surface area (Å²) in [4.78, 5) is 46.2. The van der Waals surface area contributed by atoms with Crippen LogP contribution >= 0.6 is 0 Å². The Kier molecular flexibility index (Phi) is 7.14. The van der Waals surface area contributed by atoms with Crippen molar-refractivity contribution in [3.63, 3.8) is 0 Å². The van der Waals surface area contributed by atoms with Gasteiger partial charge >= 0.3 is 23.9 Å². The zero-order chi connectivity index (χ0) is 18.3. The van der Waals surface area contributed by atoms with Crippen LogP contribution in [0.2, 0.25) is 0 Å². The maximum atomic E-state index is 11.9. The van der Waals surface area contributed by atoms with Crippen LogP contribution in [0.25, 0.3) is 0 Å².